The van der Waals surface area contributed by atoms with Crippen LogP contribution in [-0.4, -0.2) is 51.8 Å². The smallest absolute Gasteiger partial charge is 0.312 e. The van der Waals surface area contributed by atoms with Crippen LogP contribution in [0.15, 0.2) is 87.5 Å². The zero-order chi connectivity index (χ0) is 25.4. The lowest BCUT2D eigenvalue weighted by Gasteiger charge is -2.27. The minimum Gasteiger partial charge on any atom is -0.493 e. The van der Waals surface area contributed by atoms with Gasteiger partial charge in [-0.1, -0.05) is 64.5 Å². The predicted molar refractivity (Wildman–Crippen MR) is 146 cm³/mol. The summed E-state index contributed by atoms with van der Waals surface area (Å²) in [7, 11) is 0. The third-order valence-corrected chi connectivity index (χ3v) is 7.13. The van der Waals surface area contributed by atoms with Crippen molar-refractivity contribution >= 4 is 49.3 Å². The molecule has 37 heavy (non-hydrogen) atoms. The van der Waals surface area contributed by atoms with Crippen molar-refractivity contribution in [3.63, 3.8) is 0 Å². The van der Waals surface area contributed by atoms with Crippen molar-refractivity contribution in [2.75, 3.05) is 26.3 Å². The first-order valence-corrected chi connectivity index (χ1v) is 12.8. The second kappa shape index (κ2) is 9.93. The van der Waals surface area contributed by atoms with Crippen LogP contribution in [0.2, 0.25) is 0 Å². The van der Waals surface area contributed by atoms with Gasteiger partial charge in [-0.05, 0) is 29.8 Å². The second-order valence-electron chi connectivity index (χ2n) is 8.93. The number of aromatic amines is 1. The number of H-pyrrole nitrogens is 1. The van der Waals surface area contributed by atoms with Crippen LogP contribution < -0.4 is 0 Å². The van der Waals surface area contributed by atoms with E-state index in [9.17, 15) is 9.90 Å². The molecule has 8 nitrogen and oxygen atoms in total. The number of benzene rings is 3. The van der Waals surface area contributed by atoms with Gasteiger partial charge < -0.3 is 14.8 Å². The molecule has 6 rings (SSSR count). The van der Waals surface area contributed by atoms with Crippen LogP contribution in [0.4, 0.5) is 5.69 Å². The number of hydrogen-bond acceptors (Lipinski definition) is 5. The maximum absolute atomic E-state index is 13.4. The zero-order valence-electron chi connectivity index (χ0n) is 19.9. The first-order valence-electron chi connectivity index (χ1n) is 12.0. The molecule has 0 radical (unpaired) electrons. The molecule has 1 aliphatic heterocycles. The minimum absolute atomic E-state index is 0.0203. The van der Waals surface area contributed by atoms with E-state index >= 15 is 0 Å². The van der Waals surface area contributed by atoms with Gasteiger partial charge in [0.1, 0.15) is 5.69 Å². The molecule has 5 aromatic rings. The van der Waals surface area contributed by atoms with E-state index in [2.05, 4.69) is 36.0 Å². The fourth-order valence-electron chi connectivity index (χ4n) is 4.83. The molecule has 9 heteroatoms. The van der Waals surface area contributed by atoms with Crippen molar-refractivity contribution in [1.29, 1.82) is 0 Å². The number of morpholine rings is 1. The fourth-order valence-corrected chi connectivity index (χ4v) is 5.19. The number of amides is 1. The van der Waals surface area contributed by atoms with Gasteiger partial charge in [0.05, 0.1) is 25.4 Å². The van der Waals surface area contributed by atoms with Gasteiger partial charge in [-0.15, -0.1) is 10.2 Å². The van der Waals surface area contributed by atoms with Gasteiger partial charge in [-0.2, -0.15) is 0 Å². The van der Waals surface area contributed by atoms with Gasteiger partial charge in [-0.3, -0.25) is 14.3 Å². The molecule has 3 heterocycles. The molecule has 1 amide bonds. The number of fused-ring (bicyclic) bond motifs is 2. The maximum Gasteiger partial charge on any atom is 0.312 e. The van der Waals surface area contributed by atoms with Gasteiger partial charge in [0.2, 0.25) is 5.88 Å². The topological polar surface area (TPSA) is 95.2 Å². The van der Waals surface area contributed by atoms with Gasteiger partial charge in [0.25, 0.3) is 0 Å². The van der Waals surface area contributed by atoms with E-state index in [0.717, 1.165) is 50.5 Å². The number of nitrogens with zero attached hydrogens (tertiary/aromatic N) is 4. The standard InChI is InChI=1S/C28H24BrN5O3/c29-19-10-11-22-21(16-19)24(18-6-2-1-3-7-18)26(30-22)27(35)32-31-25-20-8-4-5-9-23(20)34(28(25)36)17-33-12-14-37-15-13-33/h1-11,16,30,36H,12-15,17H2. The molecule has 2 N–H and O–H groups in total. The molecular weight excluding hydrogens is 534 g/mol. The molecule has 1 saturated heterocycles. The third-order valence-electron chi connectivity index (χ3n) is 6.64. The monoisotopic (exact) mass is 557 g/mol. The van der Waals surface area contributed by atoms with Crippen molar-refractivity contribution in [3.05, 3.63) is 83.0 Å². The van der Waals surface area contributed by atoms with Crippen molar-refractivity contribution in [3.8, 4) is 17.0 Å². The highest BCUT2D eigenvalue weighted by Crippen LogP contribution is 2.40. The van der Waals surface area contributed by atoms with Crippen molar-refractivity contribution in [2.24, 2.45) is 10.2 Å². The summed E-state index contributed by atoms with van der Waals surface area (Å²) in [5.74, 6) is -0.538. The Kier molecular flexibility index (Phi) is 6.33. The Morgan fingerprint density at radius 2 is 1.76 bits per heavy atom. The number of nitrogens with one attached hydrogen (secondary N) is 1. The molecule has 0 bridgehead atoms. The van der Waals surface area contributed by atoms with Crippen LogP contribution in [0.5, 0.6) is 5.88 Å². The number of hydrogen-bond donors (Lipinski definition) is 2. The van der Waals surface area contributed by atoms with E-state index in [-0.39, 0.29) is 11.6 Å². The summed E-state index contributed by atoms with van der Waals surface area (Å²) in [4.78, 5) is 18.9. The quantitative estimate of drug-likeness (QED) is 0.242. The van der Waals surface area contributed by atoms with E-state index < -0.39 is 5.91 Å². The largest absolute Gasteiger partial charge is 0.493 e. The Bertz CT molecular complexity index is 1630. The Hall–Kier alpha value is -3.79. The average Bonchev–Trinajstić information content (AvgIpc) is 3.43. The summed E-state index contributed by atoms with van der Waals surface area (Å²) in [5.41, 5.74) is 3.94. The number of para-hydroxylation sites is 1. The van der Waals surface area contributed by atoms with Crippen LogP contribution >= 0.6 is 15.9 Å². The first-order chi connectivity index (χ1) is 18.1. The minimum atomic E-state index is -0.518. The maximum atomic E-state index is 13.4. The number of azo groups is 1. The van der Waals surface area contributed by atoms with Gasteiger partial charge in [0, 0.05) is 39.4 Å². The number of halogens is 1. The molecule has 1 aliphatic rings. The van der Waals surface area contributed by atoms with E-state index in [0.29, 0.717) is 25.6 Å². The molecule has 186 valence electrons. The summed E-state index contributed by atoms with van der Waals surface area (Å²) in [5, 5.41) is 21.1. The Morgan fingerprint density at radius 3 is 2.57 bits per heavy atom. The molecule has 0 saturated carbocycles. The van der Waals surface area contributed by atoms with E-state index in [1.165, 1.54) is 0 Å². The summed E-state index contributed by atoms with van der Waals surface area (Å²) >= 11 is 3.53. The molecular formula is C28H24BrN5O3. The van der Waals surface area contributed by atoms with Crippen molar-refractivity contribution < 1.29 is 14.6 Å². The molecule has 2 aromatic heterocycles. The highest BCUT2D eigenvalue weighted by Gasteiger charge is 2.22. The number of aromatic nitrogens is 2. The van der Waals surface area contributed by atoms with Crippen LogP contribution in [0, 0.1) is 0 Å². The number of carbonyl (C=O) groups is 1. The summed E-state index contributed by atoms with van der Waals surface area (Å²) in [6.45, 7) is 3.37. The Balaban J connectivity index is 1.40. The van der Waals surface area contributed by atoms with Crippen LogP contribution in [0.1, 0.15) is 10.5 Å². The fraction of sp³-hybridized carbons (Fsp3) is 0.179. The summed E-state index contributed by atoms with van der Waals surface area (Å²) < 4.78 is 8.16. The van der Waals surface area contributed by atoms with Crippen molar-refractivity contribution in [1.82, 2.24) is 14.5 Å². The molecule has 0 aliphatic carbocycles. The Labute approximate surface area is 221 Å². The van der Waals surface area contributed by atoms with Crippen LogP contribution in [0.3, 0.4) is 0 Å². The van der Waals surface area contributed by atoms with Crippen molar-refractivity contribution in [2.45, 2.75) is 6.67 Å². The first kappa shape index (κ1) is 23.6. The third kappa shape index (κ3) is 4.46. The highest BCUT2D eigenvalue weighted by atomic mass is 79.9. The highest BCUT2D eigenvalue weighted by molar-refractivity contribution is 9.10. The number of aromatic hydroxyl groups is 1. The van der Waals surface area contributed by atoms with Crippen LogP contribution in [-0.2, 0) is 11.4 Å². The molecule has 1 fully saturated rings. The second-order valence-corrected chi connectivity index (χ2v) is 9.84. The molecule has 0 unspecified atom stereocenters. The number of carbonyl (C=O) groups excluding carboxylic acids is 1. The zero-order valence-corrected chi connectivity index (χ0v) is 21.5. The molecule has 3 aromatic carbocycles. The van der Waals surface area contributed by atoms with E-state index in [1.54, 1.807) is 4.57 Å². The number of rotatable bonds is 5. The van der Waals surface area contributed by atoms with E-state index in [4.69, 9.17) is 4.74 Å². The predicted octanol–water partition coefficient (Wildman–Crippen LogP) is 6.47. The summed E-state index contributed by atoms with van der Waals surface area (Å²) in [6.07, 6.45) is 0. The normalized spacial score (nSPS) is 14.7. The molecule has 0 atom stereocenters. The lowest BCUT2D eigenvalue weighted by Crippen LogP contribution is -2.37. The lowest BCUT2D eigenvalue weighted by atomic mass is 10.0. The summed E-state index contributed by atoms with van der Waals surface area (Å²) in [6, 6.07) is 23.1. The lowest BCUT2D eigenvalue weighted by molar-refractivity contribution is 0.0231. The van der Waals surface area contributed by atoms with E-state index in [1.807, 2.05) is 72.8 Å². The SMILES string of the molecule is O=C(N=Nc1c(O)n(CN2CCOCC2)c2ccccc12)c1[nH]c2ccc(Br)cc2c1-c1ccccc1. The van der Waals surface area contributed by atoms with Gasteiger partial charge >= 0.3 is 5.91 Å². The Morgan fingerprint density at radius 1 is 1.00 bits per heavy atom. The number of ether oxygens (including phenoxy) is 1. The molecule has 0 spiro atoms. The van der Waals surface area contributed by atoms with Gasteiger partial charge in [0.15, 0.2) is 5.69 Å². The van der Waals surface area contributed by atoms with Crippen LogP contribution in [0.25, 0.3) is 32.9 Å². The average molecular weight is 558 g/mol. The van der Waals surface area contributed by atoms with Gasteiger partial charge in [-0.25, -0.2) is 0 Å².